The van der Waals surface area contributed by atoms with Gasteiger partial charge in [-0.25, -0.2) is 0 Å². The lowest BCUT2D eigenvalue weighted by atomic mass is 10.0. The van der Waals surface area contributed by atoms with E-state index in [9.17, 15) is 10.1 Å². The van der Waals surface area contributed by atoms with Crippen LogP contribution in [0.25, 0.3) is 0 Å². The van der Waals surface area contributed by atoms with Crippen molar-refractivity contribution < 1.29 is 9.66 Å². The third-order valence-electron chi connectivity index (χ3n) is 3.33. The number of allylic oxidation sites excluding steroid dienone is 2. The van der Waals surface area contributed by atoms with Crippen molar-refractivity contribution in [2.24, 2.45) is 0 Å². The average molecular weight is 279 g/mol. The molecule has 2 aliphatic rings. The molecule has 6 nitrogen and oxygen atoms in total. The first-order valence-corrected chi connectivity index (χ1v) is 6.86. The van der Waals surface area contributed by atoms with Crippen molar-refractivity contribution in [2.45, 2.75) is 26.4 Å². The summed E-state index contributed by atoms with van der Waals surface area (Å²) in [5, 5.41) is 14.4. The van der Waals surface area contributed by atoms with E-state index in [-0.39, 0.29) is 23.3 Å². The molecule has 0 atom stereocenters. The van der Waals surface area contributed by atoms with E-state index in [1.807, 2.05) is 25.8 Å². The Kier molecular flexibility index (Phi) is 4.44. The summed E-state index contributed by atoms with van der Waals surface area (Å²) in [4.78, 5) is 12.7. The Hall–Kier alpha value is -1.82. The van der Waals surface area contributed by atoms with Crippen LogP contribution in [0.2, 0.25) is 0 Å². The number of nitrogens with one attached hydrogen (secondary N) is 1. The van der Waals surface area contributed by atoms with Crippen molar-refractivity contribution >= 4 is 0 Å². The molecule has 0 aromatic carbocycles. The molecule has 0 bridgehead atoms. The summed E-state index contributed by atoms with van der Waals surface area (Å²) in [5.74, 6) is 0.387. The van der Waals surface area contributed by atoms with Gasteiger partial charge in [-0.3, -0.25) is 10.1 Å². The molecule has 2 rings (SSSR count). The van der Waals surface area contributed by atoms with Crippen LogP contribution in [0.15, 0.2) is 34.9 Å². The van der Waals surface area contributed by atoms with Gasteiger partial charge < -0.3 is 15.0 Å². The standard InChI is InChI=1S/C14H21N3O3/c1-10(2)20-14-8-12(11-4-6-15-7-5-11)16(3)9-13(14)17(18)19/h4,8,10,15H,5-7,9H2,1-3H3. The number of hydrogen-bond acceptors (Lipinski definition) is 5. The van der Waals surface area contributed by atoms with E-state index in [1.54, 1.807) is 6.08 Å². The van der Waals surface area contributed by atoms with Gasteiger partial charge in [0.1, 0.15) is 6.54 Å². The Morgan fingerprint density at radius 3 is 2.80 bits per heavy atom. The van der Waals surface area contributed by atoms with Gasteiger partial charge in [0.05, 0.1) is 11.0 Å². The lowest BCUT2D eigenvalue weighted by Gasteiger charge is -2.29. The fraction of sp³-hybridized carbons (Fsp3) is 0.571. The molecular formula is C14H21N3O3. The fourth-order valence-corrected chi connectivity index (χ4v) is 2.40. The van der Waals surface area contributed by atoms with Gasteiger partial charge in [-0.2, -0.15) is 0 Å². The zero-order valence-electron chi connectivity index (χ0n) is 12.2. The Morgan fingerprint density at radius 2 is 2.25 bits per heavy atom. The molecule has 0 amide bonds. The molecule has 0 aliphatic carbocycles. The molecular weight excluding hydrogens is 258 g/mol. The van der Waals surface area contributed by atoms with E-state index in [0.29, 0.717) is 5.76 Å². The minimum Gasteiger partial charge on any atom is -0.484 e. The second-order valence-electron chi connectivity index (χ2n) is 5.30. The van der Waals surface area contributed by atoms with Crippen molar-refractivity contribution in [1.29, 1.82) is 0 Å². The monoisotopic (exact) mass is 279 g/mol. The molecule has 6 heteroatoms. The molecule has 0 aromatic heterocycles. The van der Waals surface area contributed by atoms with Crippen LogP contribution in [-0.2, 0) is 4.74 Å². The van der Waals surface area contributed by atoms with Crippen molar-refractivity contribution in [3.8, 4) is 0 Å². The third kappa shape index (κ3) is 3.19. The Balaban J connectivity index is 2.36. The highest BCUT2D eigenvalue weighted by Crippen LogP contribution is 2.28. The van der Waals surface area contributed by atoms with E-state index in [1.165, 1.54) is 5.57 Å². The molecule has 0 fully saturated rings. The van der Waals surface area contributed by atoms with Crippen molar-refractivity contribution in [1.82, 2.24) is 10.2 Å². The molecule has 2 aliphatic heterocycles. The summed E-state index contributed by atoms with van der Waals surface area (Å²) in [6, 6.07) is 0. The molecule has 0 spiro atoms. The lowest BCUT2D eigenvalue weighted by molar-refractivity contribution is -0.431. The zero-order chi connectivity index (χ0) is 14.7. The van der Waals surface area contributed by atoms with E-state index in [4.69, 9.17) is 4.74 Å². The molecule has 1 N–H and O–H groups in total. The molecule has 20 heavy (non-hydrogen) atoms. The van der Waals surface area contributed by atoms with Gasteiger partial charge in [0.25, 0.3) is 0 Å². The number of likely N-dealkylation sites (N-methyl/N-ethyl adjacent to an activating group) is 1. The van der Waals surface area contributed by atoms with E-state index in [2.05, 4.69) is 11.4 Å². The lowest BCUT2D eigenvalue weighted by Crippen LogP contribution is -2.32. The smallest absolute Gasteiger partial charge is 0.306 e. The summed E-state index contributed by atoms with van der Waals surface area (Å²) in [6.45, 7) is 5.79. The first-order chi connectivity index (χ1) is 9.49. The first kappa shape index (κ1) is 14.6. The SMILES string of the molecule is CC(C)OC1=C([N+](=O)[O-])CN(C)C(C2=CCNCC2)=C1. The van der Waals surface area contributed by atoms with Crippen molar-refractivity contribution in [3.05, 3.63) is 45.0 Å². The third-order valence-corrected chi connectivity index (χ3v) is 3.33. The average Bonchev–Trinajstić information content (AvgIpc) is 2.40. The minimum atomic E-state index is -0.349. The van der Waals surface area contributed by atoms with Crippen LogP contribution < -0.4 is 5.32 Å². The largest absolute Gasteiger partial charge is 0.484 e. The molecule has 110 valence electrons. The molecule has 0 radical (unpaired) electrons. The first-order valence-electron chi connectivity index (χ1n) is 6.86. The summed E-state index contributed by atoms with van der Waals surface area (Å²) in [6.07, 6.45) is 4.79. The summed E-state index contributed by atoms with van der Waals surface area (Å²) in [7, 11) is 1.88. The van der Waals surface area contributed by atoms with Crippen molar-refractivity contribution in [2.75, 3.05) is 26.7 Å². The Labute approximate surface area is 118 Å². The fourth-order valence-electron chi connectivity index (χ4n) is 2.40. The highest BCUT2D eigenvalue weighted by atomic mass is 16.6. The highest BCUT2D eigenvalue weighted by molar-refractivity contribution is 5.39. The molecule has 0 aromatic rings. The van der Waals surface area contributed by atoms with Gasteiger partial charge >= 0.3 is 5.70 Å². The van der Waals surface area contributed by atoms with Gasteiger partial charge in [-0.15, -0.1) is 0 Å². The number of ether oxygens (including phenoxy) is 1. The zero-order valence-corrected chi connectivity index (χ0v) is 12.2. The number of rotatable bonds is 4. The number of nitro groups is 1. The van der Waals surface area contributed by atoms with Gasteiger partial charge in [0.2, 0.25) is 0 Å². The molecule has 0 saturated heterocycles. The number of hydrogen-bond donors (Lipinski definition) is 1. The Morgan fingerprint density at radius 1 is 1.50 bits per heavy atom. The molecule has 0 saturated carbocycles. The maximum absolute atomic E-state index is 11.2. The van der Waals surface area contributed by atoms with Crippen molar-refractivity contribution in [3.63, 3.8) is 0 Å². The molecule has 2 heterocycles. The van der Waals surface area contributed by atoms with Gasteiger partial charge in [0, 0.05) is 25.4 Å². The van der Waals surface area contributed by atoms with Gasteiger partial charge in [-0.1, -0.05) is 6.08 Å². The number of nitrogens with zero attached hydrogens (tertiary/aromatic N) is 2. The predicted molar refractivity (Wildman–Crippen MR) is 76.5 cm³/mol. The quantitative estimate of drug-likeness (QED) is 0.626. The second kappa shape index (κ2) is 6.09. The highest BCUT2D eigenvalue weighted by Gasteiger charge is 2.29. The van der Waals surface area contributed by atoms with Crippen LogP contribution >= 0.6 is 0 Å². The predicted octanol–water partition coefficient (Wildman–Crippen LogP) is 1.65. The second-order valence-corrected chi connectivity index (χ2v) is 5.30. The van der Waals surface area contributed by atoms with Crippen LogP contribution in [0.5, 0.6) is 0 Å². The van der Waals surface area contributed by atoms with Crippen LogP contribution in [0.1, 0.15) is 20.3 Å². The topological polar surface area (TPSA) is 67.6 Å². The summed E-state index contributed by atoms with van der Waals surface area (Å²) < 4.78 is 5.63. The minimum absolute atomic E-state index is 0.0807. The maximum atomic E-state index is 11.2. The molecule has 0 unspecified atom stereocenters. The van der Waals surface area contributed by atoms with Crippen LogP contribution in [0, 0.1) is 10.1 Å². The van der Waals surface area contributed by atoms with Crippen LogP contribution in [0.3, 0.4) is 0 Å². The van der Waals surface area contributed by atoms with E-state index in [0.717, 1.165) is 25.2 Å². The van der Waals surface area contributed by atoms with E-state index >= 15 is 0 Å². The van der Waals surface area contributed by atoms with Crippen LogP contribution in [0.4, 0.5) is 0 Å². The summed E-state index contributed by atoms with van der Waals surface area (Å²) >= 11 is 0. The normalized spacial score (nSPS) is 19.9. The summed E-state index contributed by atoms with van der Waals surface area (Å²) in [5.41, 5.74) is 2.37. The van der Waals surface area contributed by atoms with E-state index < -0.39 is 0 Å². The van der Waals surface area contributed by atoms with Crippen LogP contribution in [-0.4, -0.2) is 42.6 Å². The Bertz CT molecular complexity index is 492. The maximum Gasteiger partial charge on any atom is 0.306 e. The van der Waals surface area contributed by atoms with Gasteiger partial charge in [0.15, 0.2) is 5.76 Å². The van der Waals surface area contributed by atoms with Gasteiger partial charge in [-0.05, 0) is 32.4 Å².